The molecule has 2 aliphatic rings. The Kier molecular flexibility index (Phi) is 2.90. The van der Waals surface area contributed by atoms with Crippen molar-refractivity contribution >= 4 is 0 Å². The maximum Gasteiger partial charge on any atom is 0.140 e. The second kappa shape index (κ2) is 3.74. The molecule has 1 saturated carbocycles. The third kappa shape index (κ3) is 1.82. The second-order valence-electron chi connectivity index (χ2n) is 2.85. The molecule has 2 N–H and O–H groups in total. The molecule has 1 atom stereocenters. The lowest BCUT2D eigenvalue weighted by Gasteiger charge is -1.98. The molecule has 0 aliphatic heterocycles. The molecule has 10 heavy (non-hydrogen) atoms. The van der Waals surface area contributed by atoms with Crippen molar-refractivity contribution in [3.05, 3.63) is 11.6 Å². The fourth-order valence-electron chi connectivity index (χ4n) is 1.68. The number of aliphatic hydroxyl groups is 2. The number of fused-ring (bicyclic) bond motifs is 2. The number of rotatable bonds is 0. The molecular formula is C8H14O2. The summed E-state index contributed by atoms with van der Waals surface area (Å²) in [6.45, 7) is -0.750. The number of hydrogen-bond donors (Lipinski definition) is 2. The predicted molar refractivity (Wildman–Crippen MR) is 39.3 cm³/mol. The van der Waals surface area contributed by atoms with Gasteiger partial charge < -0.3 is 10.2 Å². The van der Waals surface area contributed by atoms with Crippen LogP contribution in [0.5, 0.6) is 0 Å². The fraction of sp³-hybridized carbons (Fsp3) is 0.750. The first kappa shape index (κ1) is 7.76. The quantitative estimate of drug-likeness (QED) is 0.392. The highest BCUT2D eigenvalue weighted by Gasteiger charge is 2.22. The van der Waals surface area contributed by atoms with Crippen LogP contribution in [0.1, 0.15) is 25.7 Å². The van der Waals surface area contributed by atoms with Crippen LogP contribution < -0.4 is 0 Å². The van der Waals surface area contributed by atoms with E-state index >= 15 is 0 Å². The van der Waals surface area contributed by atoms with Gasteiger partial charge in [0, 0.05) is 0 Å². The summed E-state index contributed by atoms with van der Waals surface area (Å²) < 4.78 is 0. The highest BCUT2D eigenvalue weighted by molar-refractivity contribution is 5.15. The van der Waals surface area contributed by atoms with Crippen LogP contribution in [0.25, 0.3) is 0 Å². The zero-order valence-electron chi connectivity index (χ0n) is 6.08. The number of hydrogen-bond acceptors (Lipinski definition) is 2. The molecule has 0 aromatic heterocycles. The Hall–Kier alpha value is -0.340. The molecule has 0 heterocycles. The maximum absolute atomic E-state index is 7.12. The van der Waals surface area contributed by atoms with E-state index in [-0.39, 0.29) is 0 Å². The van der Waals surface area contributed by atoms with E-state index in [9.17, 15) is 0 Å². The molecule has 0 spiro atoms. The Labute approximate surface area is 61.2 Å². The number of allylic oxidation sites excluding steroid dienone is 2. The monoisotopic (exact) mass is 142 g/mol. The van der Waals surface area contributed by atoms with Crippen molar-refractivity contribution in [3.8, 4) is 0 Å². The Morgan fingerprint density at radius 1 is 1.50 bits per heavy atom. The molecule has 58 valence electrons. The smallest absolute Gasteiger partial charge is 0.140 e. The minimum atomic E-state index is -0.750. The molecule has 2 bridgehead atoms. The summed E-state index contributed by atoms with van der Waals surface area (Å²) in [7, 11) is 0. The van der Waals surface area contributed by atoms with Crippen LogP contribution in [-0.4, -0.2) is 17.0 Å². The normalized spacial score (nSPS) is 27.4. The highest BCUT2D eigenvalue weighted by atomic mass is 16.5. The van der Waals surface area contributed by atoms with E-state index in [1.165, 1.54) is 25.7 Å². The fourth-order valence-corrected chi connectivity index (χ4v) is 1.68. The van der Waals surface area contributed by atoms with Gasteiger partial charge in [0.1, 0.15) is 6.79 Å². The maximum atomic E-state index is 7.12. The molecule has 0 saturated heterocycles. The van der Waals surface area contributed by atoms with Crippen LogP contribution in [0.4, 0.5) is 0 Å². The first-order valence-electron chi connectivity index (χ1n) is 3.76. The summed E-state index contributed by atoms with van der Waals surface area (Å²) in [5.41, 5.74) is 1.74. The van der Waals surface area contributed by atoms with Crippen molar-refractivity contribution < 1.29 is 10.2 Å². The summed E-state index contributed by atoms with van der Waals surface area (Å²) in [6.07, 6.45) is 8.18. The molecule has 2 heteroatoms. The molecule has 0 aromatic carbocycles. The zero-order valence-corrected chi connectivity index (χ0v) is 6.08. The van der Waals surface area contributed by atoms with Crippen LogP contribution in [0.3, 0.4) is 0 Å². The van der Waals surface area contributed by atoms with E-state index in [2.05, 4.69) is 6.08 Å². The van der Waals surface area contributed by atoms with E-state index in [4.69, 9.17) is 10.2 Å². The zero-order chi connectivity index (χ0) is 7.40. The molecular weight excluding hydrogens is 128 g/mol. The molecule has 2 rings (SSSR count). The van der Waals surface area contributed by atoms with E-state index in [1.807, 2.05) is 0 Å². The molecule has 0 radical (unpaired) electrons. The van der Waals surface area contributed by atoms with Gasteiger partial charge in [-0.3, -0.25) is 0 Å². The lowest BCUT2D eigenvalue weighted by Crippen LogP contribution is -1.85. The van der Waals surface area contributed by atoms with Crippen molar-refractivity contribution in [1.82, 2.24) is 0 Å². The van der Waals surface area contributed by atoms with Gasteiger partial charge in [0.25, 0.3) is 0 Å². The minimum absolute atomic E-state index is 0.750. The molecule has 0 amide bonds. The lowest BCUT2D eigenvalue weighted by atomic mass is 10.1. The summed E-state index contributed by atoms with van der Waals surface area (Å²) >= 11 is 0. The van der Waals surface area contributed by atoms with Crippen molar-refractivity contribution in [2.24, 2.45) is 5.92 Å². The molecule has 1 unspecified atom stereocenters. The van der Waals surface area contributed by atoms with Crippen molar-refractivity contribution in [3.63, 3.8) is 0 Å². The Morgan fingerprint density at radius 3 is 2.30 bits per heavy atom. The molecule has 2 nitrogen and oxygen atoms in total. The van der Waals surface area contributed by atoms with Gasteiger partial charge in [0.05, 0.1) is 0 Å². The Balaban J connectivity index is 0.000000148. The van der Waals surface area contributed by atoms with Crippen LogP contribution >= 0.6 is 0 Å². The van der Waals surface area contributed by atoms with Gasteiger partial charge in [-0.15, -0.1) is 0 Å². The van der Waals surface area contributed by atoms with Gasteiger partial charge in [-0.1, -0.05) is 11.6 Å². The second-order valence-corrected chi connectivity index (χ2v) is 2.85. The van der Waals surface area contributed by atoms with Gasteiger partial charge in [-0.25, -0.2) is 0 Å². The van der Waals surface area contributed by atoms with E-state index in [1.54, 1.807) is 5.57 Å². The van der Waals surface area contributed by atoms with Gasteiger partial charge in [-0.2, -0.15) is 0 Å². The standard InChI is InChI=1S/C7H10.CH4O2/c1-2-7-4-3-6(1)5-7;2-1-3/h1,7H,2-5H2;2-3H,1H2. The Bertz CT molecular complexity index is 129. The molecule has 0 aromatic rings. The predicted octanol–water partition coefficient (Wildman–Crippen LogP) is 1.05. The summed E-state index contributed by atoms with van der Waals surface area (Å²) in [4.78, 5) is 0. The van der Waals surface area contributed by atoms with Gasteiger partial charge in [-0.05, 0) is 31.6 Å². The van der Waals surface area contributed by atoms with Crippen molar-refractivity contribution in [1.29, 1.82) is 0 Å². The van der Waals surface area contributed by atoms with Gasteiger partial charge in [0.15, 0.2) is 0 Å². The third-order valence-corrected chi connectivity index (χ3v) is 2.16. The van der Waals surface area contributed by atoms with Gasteiger partial charge in [0.2, 0.25) is 0 Å². The summed E-state index contributed by atoms with van der Waals surface area (Å²) in [5.74, 6) is 1.08. The van der Waals surface area contributed by atoms with Crippen molar-refractivity contribution in [2.45, 2.75) is 25.7 Å². The SMILES string of the molecule is C1=C2CCC(C1)C2.OCO. The van der Waals surface area contributed by atoms with Crippen molar-refractivity contribution in [2.75, 3.05) is 6.79 Å². The van der Waals surface area contributed by atoms with E-state index < -0.39 is 6.79 Å². The molecule has 1 fully saturated rings. The number of aliphatic hydroxyl groups excluding tert-OH is 1. The van der Waals surface area contributed by atoms with Gasteiger partial charge >= 0.3 is 0 Å². The Morgan fingerprint density at radius 2 is 2.20 bits per heavy atom. The summed E-state index contributed by atoms with van der Waals surface area (Å²) in [5, 5.41) is 14.2. The molecule has 2 aliphatic carbocycles. The van der Waals surface area contributed by atoms with Crippen LogP contribution in [0, 0.1) is 5.92 Å². The lowest BCUT2D eigenvalue weighted by molar-refractivity contribution is 0.0773. The van der Waals surface area contributed by atoms with Crippen LogP contribution in [-0.2, 0) is 0 Å². The van der Waals surface area contributed by atoms with E-state index in [0.717, 1.165) is 5.92 Å². The van der Waals surface area contributed by atoms with Crippen LogP contribution in [0.15, 0.2) is 11.6 Å². The first-order chi connectivity index (χ1) is 4.86. The third-order valence-electron chi connectivity index (χ3n) is 2.16. The largest absolute Gasteiger partial charge is 0.371 e. The highest BCUT2D eigenvalue weighted by Crippen LogP contribution is 2.38. The average molecular weight is 142 g/mol. The van der Waals surface area contributed by atoms with Crippen LogP contribution in [0.2, 0.25) is 0 Å². The topological polar surface area (TPSA) is 40.5 Å². The average Bonchev–Trinajstić information content (AvgIpc) is 2.49. The first-order valence-corrected chi connectivity index (χ1v) is 3.76. The summed E-state index contributed by atoms with van der Waals surface area (Å²) in [6, 6.07) is 0. The van der Waals surface area contributed by atoms with E-state index in [0.29, 0.717) is 0 Å². The minimum Gasteiger partial charge on any atom is -0.371 e.